The number of aryl methyl sites for hydroxylation is 1. The zero-order valence-electron chi connectivity index (χ0n) is 12.9. The number of carbonyl (C=O) groups excluding carboxylic acids is 1. The van der Waals surface area contributed by atoms with E-state index in [4.69, 9.17) is 5.73 Å². The molecule has 1 aliphatic rings. The maximum absolute atomic E-state index is 12.5. The van der Waals surface area contributed by atoms with Crippen molar-refractivity contribution in [1.29, 1.82) is 0 Å². The van der Waals surface area contributed by atoms with Crippen LogP contribution in [0.1, 0.15) is 36.0 Å². The molecular formula is C19H22N2O. The monoisotopic (exact) mass is 294 g/mol. The van der Waals surface area contributed by atoms with E-state index in [9.17, 15) is 4.79 Å². The van der Waals surface area contributed by atoms with Gasteiger partial charge in [0.25, 0.3) is 0 Å². The first kappa shape index (κ1) is 14.8. The fraction of sp³-hybridized carbons (Fsp3) is 0.316. The van der Waals surface area contributed by atoms with E-state index in [0.717, 1.165) is 18.4 Å². The molecule has 3 rings (SSSR count). The maximum atomic E-state index is 12.5. The summed E-state index contributed by atoms with van der Waals surface area (Å²) in [6.07, 6.45) is 2.18. The lowest BCUT2D eigenvalue weighted by atomic mass is 9.92. The Balaban J connectivity index is 1.66. The Hall–Kier alpha value is -2.13. The lowest BCUT2D eigenvalue weighted by Gasteiger charge is -2.25. The van der Waals surface area contributed by atoms with Gasteiger partial charge in [-0.3, -0.25) is 4.79 Å². The number of nitrogens with two attached hydrogens (primary N) is 1. The van der Waals surface area contributed by atoms with E-state index in [1.165, 1.54) is 11.1 Å². The van der Waals surface area contributed by atoms with Gasteiger partial charge in [-0.2, -0.15) is 0 Å². The van der Waals surface area contributed by atoms with Crippen LogP contribution in [0.25, 0.3) is 0 Å². The molecule has 0 heterocycles. The molecule has 3 heteroatoms. The number of carbonyl (C=O) groups is 1. The van der Waals surface area contributed by atoms with Crippen molar-refractivity contribution in [2.45, 2.75) is 31.2 Å². The van der Waals surface area contributed by atoms with Crippen LogP contribution in [-0.2, 0) is 16.8 Å². The van der Waals surface area contributed by atoms with Crippen molar-refractivity contribution in [2.24, 2.45) is 5.73 Å². The first-order valence-electron chi connectivity index (χ1n) is 7.79. The fourth-order valence-electron chi connectivity index (χ4n) is 3.17. The second kappa shape index (κ2) is 5.93. The van der Waals surface area contributed by atoms with Crippen molar-refractivity contribution in [2.75, 3.05) is 6.54 Å². The van der Waals surface area contributed by atoms with Gasteiger partial charge in [0.1, 0.15) is 5.54 Å². The van der Waals surface area contributed by atoms with Crippen LogP contribution in [0.15, 0.2) is 54.6 Å². The maximum Gasteiger partial charge on any atom is 0.244 e. The van der Waals surface area contributed by atoms with Gasteiger partial charge in [0.2, 0.25) is 5.91 Å². The normalized spacial score (nSPS) is 19.3. The largest absolute Gasteiger partial charge is 0.354 e. The molecule has 2 aromatic rings. The lowest BCUT2D eigenvalue weighted by Crippen LogP contribution is -2.49. The minimum Gasteiger partial charge on any atom is -0.354 e. The zero-order valence-corrected chi connectivity index (χ0v) is 12.9. The van der Waals surface area contributed by atoms with Crippen molar-refractivity contribution in [1.82, 2.24) is 5.32 Å². The van der Waals surface area contributed by atoms with Crippen LogP contribution in [0, 0.1) is 0 Å². The van der Waals surface area contributed by atoms with E-state index < -0.39 is 5.54 Å². The van der Waals surface area contributed by atoms with Crippen molar-refractivity contribution >= 4 is 5.91 Å². The van der Waals surface area contributed by atoms with Crippen molar-refractivity contribution in [3.63, 3.8) is 0 Å². The number of nitrogens with one attached hydrogen (secondary N) is 1. The Labute approximate surface area is 131 Å². The van der Waals surface area contributed by atoms with Crippen LogP contribution in [0.3, 0.4) is 0 Å². The third-order valence-corrected chi connectivity index (χ3v) is 4.61. The van der Waals surface area contributed by atoms with Crippen LogP contribution in [0.2, 0.25) is 0 Å². The molecule has 0 saturated carbocycles. The molecule has 2 atom stereocenters. The van der Waals surface area contributed by atoms with E-state index >= 15 is 0 Å². The average molecular weight is 294 g/mol. The third kappa shape index (κ3) is 2.77. The molecule has 0 spiro atoms. The smallest absolute Gasteiger partial charge is 0.244 e. The van der Waals surface area contributed by atoms with Gasteiger partial charge in [0.05, 0.1) is 0 Å². The summed E-state index contributed by atoms with van der Waals surface area (Å²) in [4.78, 5) is 12.5. The second-order valence-electron chi connectivity index (χ2n) is 6.21. The summed E-state index contributed by atoms with van der Waals surface area (Å²) in [5.74, 6) is 0.273. The Bertz CT molecular complexity index is 664. The SMILES string of the molecule is CC(N)(C(=O)NCC1CCc2ccccc21)c1ccccc1. The van der Waals surface area contributed by atoms with E-state index in [-0.39, 0.29) is 5.91 Å². The zero-order chi connectivity index (χ0) is 15.6. The standard InChI is InChI=1S/C19H22N2O/c1-19(20,16-8-3-2-4-9-16)18(22)21-13-15-12-11-14-7-5-6-10-17(14)15/h2-10,15H,11-13,20H2,1H3,(H,21,22). The van der Waals surface area contributed by atoms with E-state index in [1.807, 2.05) is 30.3 Å². The highest BCUT2D eigenvalue weighted by Crippen LogP contribution is 2.32. The van der Waals surface area contributed by atoms with Gasteiger partial charge in [-0.15, -0.1) is 0 Å². The molecule has 1 amide bonds. The van der Waals surface area contributed by atoms with Gasteiger partial charge in [0, 0.05) is 12.5 Å². The molecule has 2 aromatic carbocycles. The molecule has 0 bridgehead atoms. The summed E-state index contributed by atoms with van der Waals surface area (Å²) >= 11 is 0. The Morgan fingerprint density at radius 2 is 1.86 bits per heavy atom. The molecule has 0 saturated heterocycles. The van der Waals surface area contributed by atoms with Crippen LogP contribution in [-0.4, -0.2) is 12.5 Å². The minimum atomic E-state index is -1.00. The second-order valence-corrected chi connectivity index (χ2v) is 6.21. The Morgan fingerprint density at radius 3 is 2.64 bits per heavy atom. The fourth-order valence-corrected chi connectivity index (χ4v) is 3.17. The van der Waals surface area contributed by atoms with Gasteiger partial charge in [-0.25, -0.2) is 0 Å². The molecule has 3 N–H and O–H groups in total. The summed E-state index contributed by atoms with van der Waals surface area (Å²) in [7, 11) is 0. The van der Waals surface area contributed by atoms with Crippen LogP contribution < -0.4 is 11.1 Å². The number of hydrogen-bond acceptors (Lipinski definition) is 2. The lowest BCUT2D eigenvalue weighted by molar-refractivity contribution is -0.126. The van der Waals surface area contributed by atoms with Gasteiger partial charge in [-0.05, 0) is 36.5 Å². The number of amides is 1. The van der Waals surface area contributed by atoms with E-state index in [1.54, 1.807) is 6.92 Å². The molecule has 1 aliphatic carbocycles. The molecule has 0 fully saturated rings. The average Bonchev–Trinajstić information content (AvgIpc) is 2.96. The van der Waals surface area contributed by atoms with Crippen LogP contribution in [0.4, 0.5) is 0 Å². The van der Waals surface area contributed by atoms with Gasteiger partial charge in [-0.1, -0.05) is 54.6 Å². The summed E-state index contributed by atoms with van der Waals surface area (Å²) in [5, 5.41) is 3.04. The Kier molecular flexibility index (Phi) is 3.99. The van der Waals surface area contributed by atoms with Crippen LogP contribution in [0.5, 0.6) is 0 Å². The first-order valence-corrected chi connectivity index (χ1v) is 7.79. The molecule has 0 aromatic heterocycles. The first-order chi connectivity index (χ1) is 10.6. The quantitative estimate of drug-likeness (QED) is 0.911. The highest BCUT2D eigenvalue weighted by molar-refractivity contribution is 5.87. The predicted octanol–water partition coefficient (Wildman–Crippen LogP) is 2.71. The van der Waals surface area contributed by atoms with Gasteiger partial charge in [0.15, 0.2) is 0 Å². The van der Waals surface area contributed by atoms with Crippen molar-refractivity contribution < 1.29 is 4.79 Å². The molecule has 2 unspecified atom stereocenters. The van der Waals surface area contributed by atoms with Crippen LogP contribution >= 0.6 is 0 Å². The minimum absolute atomic E-state index is 0.122. The predicted molar refractivity (Wildman–Crippen MR) is 88.5 cm³/mol. The van der Waals surface area contributed by atoms with Crippen molar-refractivity contribution in [3.05, 3.63) is 71.3 Å². The highest BCUT2D eigenvalue weighted by Gasteiger charge is 2.31. The van der Waals surface area contributed by atoms with Gasteiger partial charge >= 0.3 is 0 Å². The van der Waals surface area contributed by atoms with Crippen molar-refractivity contribution in [3.8, 4) is 0 Å². The summed E-state index contributed by atoms with van der Waals surface area (Å²) < 4.78 is 0. The molecule has 114 valence electrons. The molecule has 3 nitrogen and oxygen atoms in total. The number of fused-ring (bicyclic) bond motifs is 1. The molecule has 22 heavy (non-hydrogen) atoms. The number of benzene rings is 2. The molecule has 0 radical (unpaired) electrons. The van der Waals surface area contributed by atoms with E-state index in [2.05, 4.69) is 29.6 Å². The Morgan fingerprint density at radius 1 is 1.18 bits per heavy atom. The molecular weight excluding hydrogens is 272 g/mol. The topological polar surface area (TPSA) is 55.1 Å². The number of hydrogen-bond donors (Lipinski definition) is 2. The number of rotatable bonds is 4. The summed E-state index contributed by atoms with van der Waals surface area (Å²) in [6, 6.07) is 18.0. The summed E-state index contributed by atoms with van der Waals surface area (Å²) in [6.45, 7) is 2.41. The van der Waals surface area contributed by atoms with E-state index in [0.29, 0.717) is 12.5 Å². The van der Waals surface area contributed by atoms with Gasteiger partial charge < -0.3 is 11.1 Å². The molecule has 0 aliphatic heterocycles. The summed E-state index contributed by atoms with van der Waals surface area (Å²) in [5.41, 5.74) is 8.85. The highest BCUT2D eigenvalue weighted by atomic mass is 16.2. The third-order valence-electron chi connectivity index (χ3n) is 4.61.